The molecule has 73 heavy (non-hydrogen) atoms. The van der Waals surface area contributed by atoms with Gasteiger partial charge in [0, 0.05) is 37.6 Å². The summed E-state index contributed by atoms with van der Waals surface area (Å²) in [5, 5.41) is 35.6. The van der Waals surface area contributed by atoms with Gasteiger partial charge < -0.3 is 21.3 Å². The Morgan fingerprint density at radius 3 is 1.38 bits per heavy atom. The summed E-state index contributed by atoms with van der Waals surface area (Å²) >= 11 is 0. The van der Waals surface area contributed by atoms with Crippen molar-refractivity contribution in [3.8, 4) is 0 Å². The molecule has 2 atom stereocenters. The van der Waals surface area contributed by atoms with Gasteiger partial charge in [0.25, 0.3) is 0 Å². The molecule has 0 saturated carbocycles. The molecule has 370 valence electrons. The zero-order chi connectivity index (χ0) is 51.2. The van der Waals surface area contributed by atoms with Gasteiger partial charge in [-0.25, -0.2) is 33.8 Å². The van der Waals surface area contributed by atoms with E-state index in [9.17, 15) is 19.2 Å². The number of urea groups is 4. The van der Waals surface area contributed by atoms with Crippen molar-refractivity contribution >= 4 is 69.2 Å². The van der Waals surface area contributed by atoms with Crippen LogP contribution in [0.5, 0.6) is 0 Å². The van der Waals surface area contributed by atoms with Crippen LogP contribution in [0.2, 0.25) is 0 Å². The molecule has 0 radical (unpaired) electrons. The second kappa shape index (κ2) is 23.4. The average molecular weight is 977 g/mol. The molecule has 0 bridgehead atoms. The van der Waals surface area contributed by atoms with Crippen molar-refractivity contribution in [2.24, 2.45) is 0 Å². The van der Waals surface area contributed by atoms with E-state index in [1.807, 2.05) is 148 Å². The third-order valence-corrected chi connectivity index (χ3v) is 11.8. The number of nitrogens with one attached hydrogen (secondary N) is 9. The first-order chi connectivity index (χ1) is 35.6. The van der Waals surface area contributed by atoms with Crippen LogP contribution in [0.15, 0.2) is 176 Å². The second-order valence-corrected chi connectivity index (χ2v) is 16.8. The van der Waals surface area contributed by atoms with E-state index in [4.69, 9.17) is 5.10 Å². The topological polar surface area (TPSA) is 237 Å². The highest BCUT2D eigenvalue weighted by Gasteiger charge is 2.41. The monoisotopic (exact) mass is 976 g/mol. The Bertz CT molecular complexity index is 3190. The maximum atomic E-state index is 13.2. The molecule has 4 aromatic heterocycles. The van der Waals surface area contributed by atoms with E-state index in [1.54, 1.807) is 18.3 Å². The van der Waals surface area contributed by atoms with E-state index in [0.717, 1.165) is 27.8 Å². The number of amides is 8. The number of aromatic nitrogens is 6. The number of pyridine rings is 2. The summed E-state index contributed by atoms with van der Waals surface area (Å²) in [5.74, 6) is 1.42. The van der Waals surface area contributed by atoms with Crippen molar-refractivity contribution < 1.29 is 19.2 Å². The van der Waals surface area contributed by atoms with Crippen LogP contribution >= 0.6 is 0 Å². The quantitative estimate of drug-likeness (QED) is 0.0474. The molecule has 0 aliphatic rings. The number of hydrogen-bond acceptors (Lipinski definition) is 8. The minimum Gasteiger partial charge on any atom is -0.338 e. The fourth-order valence-corrected chi connectivity index (χ4v) is 8.38. The number of fused-ring (bicyclic) bond motifs is 2. The summed E-state index contributed by atoms with van der Waals surface area (Å²) in [6.45, 7) is 8.47. The fraction of sp³-hybridized carbons (Fsp3) is 0.164. The lowest BCUT2D eigenvalue weighted by molar-refractivity contribution is 0.248. The van der Waals surface area contributed by atoms with Crippen molar-refractivity contribution in [2.45, 2.75) is 45.3 Å². The third-order valence-electron chi connectivity index (χ3n) is 11.8. The van der Waals surface area contributed by atoms with Gasteiger partial charge in [-0.2, -0.15) is 10.2 Å². The van der Waals surface area contributed by atoms with Gasteiger partial charge >= 0.3 is 24.1 Å². The molecule has 9 N–H and O–H groups in total. The Morgan fingerprint density at radius 2 is 0.932 bits per heavy atom. The van der Waals surface area contributed by atoms with Gasteiger partial charge in [0.2, 0.25) is 0 Å². The first kappa shape index (κ1) is 49.8. The smallest absolute Gasteiger partial charge is 0.320 e. The summed E-state index contributed by atoms with van der Waals surface area (Å²) in [6.07, 6.45) is 3.17. The van der Waals surface area contributed by atoms with E-state index in [0.29, 0.717) is 58.2 Å². The van der Waals surface area contributed by atoms with Crippen LogP contribution in [0.25, 0.3) is 21.8 Å². The zero-order valence-corrected chi connectivity index (χ0v) is 40.7. The van der Waals surface area contributed by atoms with Crippen LogP contribution in [-0.4, -0.2) is 67.2 Å². The zero-order valence-electron chi connectivity index (χ0n) is 40.7. The second-order valence-electron chi connectivity index (χ2n) is 16.8. The summed E-state index contributed by atoms with van der Waals surface area (Å²) in [5.41, 5.74) is 5.20. The third kappa shape index (κ3) is 11.7. The molecule has 0 saturated heterocycles. The standard InChI is InChI=1S/C37H35N7O2.C18H21N7O2/c1-3-38-35(45)42-34-31-25-39-33(41-36(46)40-26(2)27-16-8-4-9-17-27)24-32(31)44(43-34)37(28-18-10-5-11-19-28,29-20-12-6-13-21-29)30-22-14-7-15-23-30;1-3-19-17(26)23-16-13-10-20-15(9-14(13)24-25-16)22-18(27)21-11(2)12-7-5-4-6-8-12/h4-26H,3H2,1-2H3,(H2,38,42,43,45)(H2,39,40,41,46);4-11H,3H2,1-2H3,(H2,20,21,22,27)(H3,19,23,24,25,26)/t26-;11-/m11/s1. The van der Waals surface area contributed by atoms with Gasteiger partial charge in [-0.05, 0) is 55.5 Å². The van der Waals surface area contributed by atoms with Gasteiger partial charge in [-0.15, -0.1) is 0 Å². The van der Waals surface area contributed by atoms with Crippen molar-refractivity contribution in [2.75, 3.05) is 34.4 Å². The van der Waals surface area contributed by atoms with Crippen LogP contribution in [0.1, 0.15) is 67.6 Å². The minimum atomic E-state index is -0.966. The fourth-order valence-electron chi connectivity index (χ4n) is 8.38. The lowest BCUT2D eigenvalue weighted by atomic mass is 9.77. The van der Waals surface area contributed by atoms with E-state index in [2.05, 4.69) is 99.1 Å². The highest BCUT2D eigenvalue weighted by Crippen LogP contribution is 2.43. The Labute approximate surface area is 421 Å². The number of hydrogen-bond donors (Lipinski definition) is 9. The van der Waals surface area contributed by atoms with E-state index < -0.39 is 11.6 Å². The average Bonchev–Trinajstić information content (AvgIpc) is 3.98. The summed E-state index contributed by atoms with van der Waals surface area (Å²) in [4.78, 5) is 58.5. The number of nitrogens with zero attached hydrogens (tertiary/aromatic N) is 5. The van der Waals surface area contributed by atoms with Crippen LogP contribution < -0.4 is 42.5 Å². The van der Waals surface area contributed by atoms with Gasteiger partial charge in [0.1, 0.15) is 17.2 Å². The van der Waals surface area contributed by atoms with Gasteiger partial charge in [0.05, 0.1) is 33.9 Å². The molecular formula is C55H56N14O4. The first-order valence-corrected chi connectivity index (χ1v) is 23.8. The predicted octanol–water partition coefficient (Wildman–Crippen LogP) is 10.3. The number of anilines is 4. The molecule has 0 spiro atoms. The summed E-state index contributed by atoms with van der Waals surface area (Å²) in [7, 11) is 0. The largest absolute Gasteiger partial charge is 0.338 e. The number of aromatic amines is 1. The van der Waals surface area contributed by atoms with Crippen LogP contribution in [0.4, 0.5) is 42.4 Å². The first-order valence-electron chi connectivity index (χ1n) is 23.8. The molecule has 0 unspecified atom stereocenters. The van der Waals surface area contributed by atoms with Crippen LogP contribution in [0.3, 0.4) is 0 Å². The number of H-pyrrole nitrogens is 1. The van der Waals surface area contributed by atoms with Crippen molar-refractivity contribution in [3.05, 3.63) is 204 Å². The molecular weight excluding hydrogens is 921 g/mol. The Kier molecular flexibility index (Phi) is 15.9. The lowest BCUT2D eigenvalue weighted by Crippen LogP contribution is -2.38. The molecule has 18 nitrogen and oxygen atoms in total. The molecule has 0 fully saturated rings. The molecule has 5 aromatic carbocycles. The number of carbonyl (C=O) groups is 4. The minimum absolute atomic E-state index is 0.144. The number of benzene rings is 5. The summed E-state index contributed by atoms with van der Waals surface area (Å²) in [6, 6.07) is 51.4. The number of carbonyl (C=O) groups excluding carboxylic acids is 4. The predicted molar refractivity (Wildman–Crippen MR) is 285 cm³/mol. The van der Waals surface area contributed by atoms with Gasteiger partial charge in [-0.1, -0.05) is 152 Å². The molecule has 18 heteroatoms. The van der Waals surface area contributed by atoms with Crippen LogP contribution in [-0.2, 0) is 5.54 Å². The van der Waals surface area contributed by atoms with Crippen molar-refractivity contribution in [3.63, 3.8) is 0 Å². The Hall–Kier alpha value is -9.58. The normalized spacial score (nSPS) is 11.8. The van der Waals surface area contributed by atoms with Crippen molar-refractivity contribution in [1.29, 1.82) is 0 Å². The molecule has 0 aliphatic carbocycles. The van der Waals surface area contributed by atoms with Gasteiger partial charge in [0.15, 0.2) is 11.6 Å². The van der Waals surface area contributed by atoms with Crippen molar-refractivity contribution in [1.82, 2.24) is 51.2 Å². The lowest BCUT2D eigenvalue weighted by Gasteiger charge is -2.37. The number of rotatable bonds is 14. The maximum Gasteiger partial charge on any atom is 0.320 e. The molecule has 9 aromatic rings. The Balaban J connectivity index is 0.000000224. The SMILES string of the molecule is CCNC(=O)Nc1n[nH]c2cc(NC(=O)N[C@H](C)c3ccccc3)ncc12.CCNC(=O)Nc1nn(C(c2ccccc2)(c2ccccc2)c2ccccc2)c2cc(NC(=O)N[C@H](C)c3ccccc3)ncc12. The highest BCUT2D eigenvalue weighted by molar-refractivity contribution is 6.01. The molecule has 0 aliphatic heterocycles. The molecule has 8 amide bonds. The Morgan fingerprint density at radius 1 is 0.521 bits per heavy atom. The van der Waals surface area contributed by atoms with E-state index in [-0.39, 0.29) is 30.2 Å². The maximum absolute atomic E-state index is 13.2. The summed E-state index contributed by atoms with van der Waals surface area (Å²) < 4.78 is 1.92. The highest BCUT2D eigenvalue weighted by atomic mass is 16.2. The van der Waals surface area contributed by atoms with Crippen LogP contribution in [0, 0.1) is 0 Å². The molecule has 4 heterocycles. The van der Waals surface area contributed by atoms with Gasteiger partial charge in [-0.3, -0.25) is 26.4 Å². The van der Waals surface area contributed by atoms with E-state index >= 15 is 0 Å². The molecule has 9 rings (SSSR count). The van der Waals surface area contributed by atoms with E-state index in [1.165, 1.54) is 6.20 Å².